The lowest BCUT2D eigenvalue weighted by Gasteiger charge is -2.32. The molecule has 3 fully saturated rings. The van der Waals surface area contributed by atoms with Crippen molar-refractivity contribution in [3.63, 3.8) is 0 Å². The van der Waals surface area contributed by atoms with Gasteiger partial charge in [-0.2, -0.15) is 0 Å². The van der Waals surface area contributed by atoms with E-state index in [1.54, 1.807) is 6.92 Å². The minimum absolute atomic E-state index is 0.00800. The summed E-state index contributed by atoms with van der Waals surface area (Å²) in [6.07, 6.45) is 8.60. The van der Waals surface area contributed by atoms with Gasteiger partial charge in [-0.05, 0) is 39.0 Å². The number of fused-ring (bicyclic) bond motifs is 1. The first-order valence-corrected chi connectivity index (χ1v) is 10.1. The van der Waals surface area contributed by atoms with E-state index in [-0.39, 0.29) is 35.5 Å². The maximum absolute atomic E-state index is 13.1. The highest BCUT2D eigenvalue weighted by Crippen LogP contribution is 2.43. The van der Waals surface area contributed by atoms with Gasteiger partial charge in [-0.25, -0.2) is 4.79 Å². The summed E-state index contributed by atoms with van der Waals surface area (Å²) in [5.74, 6) is -1.08. The third kappa shape index (κ3) is 3.59. The fourth-order valence-electron chi connectivity index (χ4n) is 4.73. The Hall–Kier alpha value is -1.95. The van der Waals surface area contributed by atoms with Gasteiger partial charge in [-0.3, -0.25) is 14.5 Å². The molecule has 2 heterocycles. The van der Waals surface area contributed by atoms with Crippen molar-refractivity contribution >= 4 is 17.8 Å². The summed E-state index contributed by atoms with van der Waals surface area (Å²) in [4.78, 5) is 39.4. The van der Waals surface area contributed by atoms with Crippen molar-refractivity contribution in [2.45, 2.75) is 82.6 Å². The molecule has 2 aliphatic heterocycles. The van der Waals surface area contributed by atoms with E-state index in [9.17, 15) is 14.4 Å². The van der Waals surface area contributed by atoms with Gasteiger partial charge in [0, 0.05) is 23.6 Å². The normalized spacial score (nSPS) is 32.0. The van der Waals surface area contributed by atoms with Crippen molar-refractivity contribution < 1.29 is 23.9 Å². The molecular formula is C21H27NO5. The zero-order chi connectivity index (χ0) is 19.1. The van der Waals surface area contributed by atoms with E-state index >= 15 is 0 Å². The first-order chi connectivity index (χ1) is 13.0. The van der Waals surface area contributed by atoms with E-state index in [1.165, 1.54) is 11.0 Å². The van der Waals surface area contributed by atoms with Crippen LogP contribution in [0.4, 0.5) is 0 Å². The number of hydrogen-bond donors (Lipinski definition) is 0. The van der Waals surface area contributed by atoms with Gasteiger partial charge in [0.05, 0.1) is 17.8 Å². The summed E-state index contributed by atoms with van der Waals surface area (Å²) in [7, 11) is 0. The van der Waals surface area contributed by atoms with Crippen LogP contribution in [0.15, 0.2) is 23.8 Å². The lowest BCUT2D eigenvalue weighted by molar-refractivity contribution is -0.147. The summed E-state index contributed by atoms with van der Waals surface area (Å²) in [5.41, 5.74) is 0.613. The molecular weight excluding hydrogens is 346 g/mol. The molecule has 146 valence electrons. The van der Waals surface area contributed by atoms with E-state index in [1.807, 2.05) is 0 Å². The molecule has 4 rings (SSSR count). The maximum Gasteiger partial charge on any atom is 0.333 e. The molecule has 0 aromatic heterocycles. The fourth-order valence-corrected chi connectivity index (χ4v) is 4.73. The van der Waals surface area contributed by atoms with Crippen LogP contribution in [0.2, 0.25) is 0 Å². The Bertz CT molecular complexity index is 705. The van der Waals surface area contributed by atoms with Crippen molar-refractivity contribution in [2.75, 3.05) is 0 Å². The molecule has 0 bridgehead atoms. The highest BCUT2D eigenvalue weighted by Gasteiger charge is 2.50. The first-order valence-electron chi connectivity index (χ1n) is 10.1. The topological polar surface area (TPSA) is 76.2 Å². The second-order valence-electron chi connectivity index (χ2n) is 8.30. The van der Waals surface area contributed by atoms with E-state index in [0.29, 0.717) is 11.7 Å². The number of amides is 2. The van der Waals surface area contributed by atoms with Gasteiger partial charge < -0.3 is 9.47 Å². The van der Waals surface area contributed by atoms with Crippen LogP contribution in [0, 0.1) is 5.92 Å². The summed E-state index contributed by atoms with van der Waals surface area (Å²) < 4.78 is 11.3. The Balaban J connectivity index is 1.55. The third-order valence-corrected chi connectivity index (χ3v) is 6.28. The van der Waals surface area contributed by atoms with Crippen molar-refractivity contribution in [2.24, 2.45) is 5.92 Å². The van der Waals surface area contributed by atoms with Gasteiger partial charge in [0.15, 0.2) is 0 Å². The lowest BCUT2D eigenvalue weighted by Crippen LogP contribution is -2.44. The standard InChI is InChI=1S/C21H27NO5/c1-12(2)21(25)27-19(13-8-9-16-17(10-13)26-16)15-11-18(23)22(20(15)24)14-6-4-3-5-7-14/h11,13-14,16-17,19H,1,3-10H2,2H3. The Morgan fingerprint density at radius 2 is 1.93 bits per heavy atom. The third-order valence-electron chi connectivity index (χ3n) is 6.28. The van der Waals surface area contributed by atoms with Crippen LogP contribution in [-0.2, 0) is 23.9 Å². The Morgan fingerprint density at radius 3 is 2.59 bits per heavy atom. The predicted molar refractivity (Wildman–Crippen MR) is 97.5 cm³/mol. The van der Waals surface area contributed by atoms with Gasteiger partial charge in [0.1, 0.15) is 6.10 Å². The van der Waals surface area contributed by atoms with E-state index in [0.717, 1.165) is 51.4 Å². The smallest absolute Gasteiger partial charge is 0.333 e. The van der Waals surface area contributed by atoms with E-state index in [4.69, 9.17) is 9.47 Å². The van der Waals surface area contributed by atoms with Crippen LogP contribution in [-0.4, -0.2) is 47.0 Å². The highest BCUT2D eigenvalue weighted by atomic mass is 16.6. The molecule has 4 aliphatic rings. The van der Waals surface area contributed by atoms with Gasteiger partial charge in [-0.15, -0.1) is 0 Å². The van der Waals surface area contributed by atoms with Crippen LogP contribution in [0.5, 0.6) is 0 Å². The largest absolute Gasteiger partial charge is 0.454 e. The molecule has 2 amide bonds. The quantitative estimate of drug-likeness (QED) is 0.320. The second kappa shape index (κ2) is 7.23. The van der Waals surface area contributed by atoms with E-state index in [2.05, 4.69) is 6.58 Å². The summed E-state index contributed by atoms with van der Waals surface area (Å²) in [5, 5.41) is 0. The van der Waals surface area contributed by atoms with Crippen molar-refractivity contribution in [3.05, 3.63) is 23.8 Å². The Kier molecular flexibility index (Phi) is 4.93. The van der Waals surface area contributed by atoms with Gasteiger partial charge in [0.25, 0.3) is 11.8 Å². The summed E-state index contributed by atoms with van der Waals surface area (Å²) in [6, 6.07) is -0.0347. The molecule has 4 atom stereocenters. The van der Waals surface area contributed by atoms with Crippen LogP contribution < -0.4 is 0 Å². The molecule has 0 aromatic carbocycles. The van der Waals surface area contributed by atoms with Crippen molar-refractivity contribution in [3.8, 4) is 0 Å². The first kappa shape index (κ1) is 18.4. The van der Waals surface area contributed by atoms with Crippen LogP contribution in [0.1, 0.15) is 58.3 Å². The highest BCUT2D eigenvalue weighted by molar-refractivity contribution is 6.17. The number of carbonyl (C=O) groups excluding carboxylic acids is 3. The number of carbonyl (C=O) groups is 3. The number of epoxide rings is 1. The SMILES string of the molecule is C=C(C)C(=O)OC(C1=CC(=O)N(C2CCCCC2)C1=O)C1CCC2OC2C1. The monoisotopic (exact) mass is 373 g/mol. The van der Waals surface area contributed by atoms with Crippen LogP contribution in [0.3, 0.4) is 0 Å². The number of rotatable bonds is 5. The molecule has 0 N–H and O–H groups in total. The van der Waals surface area contributed by atoms with Crippen molar-refractivity contribution in [1.29, 1.82) is 0 Å². The average molecular weight is 373 g/mol. The minimum Gasteiger partial charge on any atom is -0.454 e. The molecule has 27 heavy (non-hydrogen) atoms. The number of hydrogen-bond acceptors (Lipinski definition) is 5. The number of esters is 1. The number of nitrogens with zero attached hydrogens (tertiary/aromatic N) is 1. The number of imide groups is 1. The maximum atomic E-state index is 13.1. The summed E-state index contributed by atoms with van der Waals surface area (Å²) in [6.45, 7) is 5.23. The molecule has 0 aromatic rings. The zero-order valence-corrected chi connectivity index (χ0v) is 15.8. The molecule has 4 unspecified atom stereocenters. The Labute approximate surface area is 159 Å². The molecule has 1 saturated heterocycles. The fraction of sp³-hybridized carbons (Fsp3) is 0.667. The summed E-state index contributed by atoms with van der Waals surface area (Å²) >= 11 is 0. The average Bonchev–Trinajstić information content (AvgIpc) is 3.37. The van der Waals surface area contributed by atoms with Crippen LogP contribution >= 0.6 is 0 Å². The van der Waals surface area contributed by atoms with Crippen molar-refractivity contribution in [1.82, 2.24) is 4.90 Å². The van der Waals surface area contributed by atoms with Gasteiger partial charge in [0.2, 0.25) is 0 Å². The van der Waals surface area contributed by atoms with E-state index < -0.39 is 12.1 Å². The molecule has 0 spiro atoms. The molecule has 6 nitrogen and oxygen atoms in total. The lowest BCUT2D eigenvalue weighted by atomic mass is 9.82. The Morgan fingerprint density at radius 1 is 1.19 bits per heavy atom. The molecule has 0 radical (unpaired) electrons. The minimum atomic E-state index is -0.704. The molecule has 6 heteroatoms. The van der Waals surface area contributed by atoms with Gasteiger partial charge in [-0.1, -0.05) is 25.8 Å². The second-order valence-corrected chi connectivity index (χ2v) is 8.30. The predicted octanol–water partition coefficient (Wildman–Crippen LogP) is 2.67. The molecule has 2 aliphatic carbocycles. The molecule has 2 saturated carbocycles. The number of ether oxygens (including phenoxy) is 2. The zero-order valence-electron chi connectivity index (χ0n) is 15.8. The van der Waals surface area contributed by atoms with Gasteiger partial charge >= 0.3 is 5.97 Å². The van der Waals surface area contributed by atoms with Crippen LogP contribution in [0.25, 0.3) is 0 Å².